The van der Waals surface area contributed by atoms with Gasteiger partial charge in [-0.25, -0.2) is 16.8 Å². The van der Waals surface area contributed by atoms with Gasteiger partial charge in [-0.15, -0.1) is 0 Å². The van der Waals surface area contributed by atoms with Crippen molar-refractivity contribution in [3.63, 3.8) is 0 Å². The minimum Gasteiger partial charge on any atom is -0.454 e. The van der Waals surface area contributed by atoms with E-state index in [9.17, 15) is 21.6 Å². The molecular weight excluding hydrogens is 418 g/mol. The Kier molecular flexibility index (Phi) is 4.99. The maximum Gasteiger partial charge on any atom is 0.251 e. The summed E-state index contributed by atoms with van der Waals surface area (Å²) < 4.78 is 59.4. The molecule has 10 heteroatoms. The van der Waals surface area contributed by atoms with E-state index in [2.05, 4.69) is 5.32 Å². The maximum atomic E-state index is 12.8. The van der Waals surface area contributed by atoms with Crippen molar-refractivity contribution in [2.24, 2.45) is 0 Å². The minimum atomic E-state index is -3.83. The highest BCUT2D eigenvalue weighted by molar-refractivity contribution is 7.96. The van der Waals surface area contributed by atoms with Crippen molar-refractivity contribution in [1.29, 1.82) is 0 Å². The van der Waals surface area contributed by atoms with Crippen LogP contribution in [0.2, 0.25) is 0 Å². The number of hydrogen-bond donors (Lipinski definition) is 1. The standard InChI is InChI=1S/C19H19NO7S2/c21-19(20-10-13-4-5-17-18(8-13)27-12-26-17)14-2-1-3-15(9-14)29(24,25)16-6-7-28(22,23)11-16/h1-5,8-9,16H,6-7,10-12H2,(H,20,21). The van der Waals surface area contributed by atoms with Gasteiger partial charge >= 0.3 is 0 Å². The van der Waals surface area contributed by atoms with Gasteiger partial charge in [0.2, 0.25) is 6.79 Å². The molecule has 0 bridgehead atoms. The highest BCUT2D eigenvalue weighted by Gasteiger charge is 2.38. The Hall–Kier alpha value is -2.59. The summed E-state index contributed by atoms with van der Waals surface area (Å²) in [4.78, 5) is 12.5. The van der Waals surface area contributed by atoms with Crippen LogP contribution in [0.4, 0.5) is 0 Å². The average Bonchev–Trinajstić information content (AvgIpc) is 3.31. The number of carbonyl (C=O) groups excluding carboxylic acids is 1. The number of hydrogen-bond acceptors (Lipinski definition) is 7. The zero-order valence-electron chi connectivity index (χ0n) is 15.3. The van der Waals surface area contributed by atoms with E-state index in [-0.39, 0.29) is 41.7 Å². The molecule has 1 amide bonds. The first kappa shape index (κ1) is 19.7. The lowest BCUT2D eigenvalue weighted by Gasteiger charge is -2.12. The third-order valence-electron chi connectivity index (χ3n) is 4.94. The van der Waals surface area contributed by atoms with Crippen LogP contribution in [-0.4, -0.2) is 46.3 Å². The molecule has 0 aliphatic carbocycles. The number of benzene rings is 2. The Bertz CT molecular complexity index is 1170. The van der Waals surface area contributed by atoms with Crippen molar-refractivity contribution in [2.75, 3.05) is 18.3 Å². The number of fused-ring (bicyclic) bond motifs is 1. The first-order valence-corrected chi connectivity index (χ1v) is 12.3. The second kappa shape index (κ2) is 7.34. The quantitative estimate of drug-likeness (QED) is 0.750. The Balaban J connectivity index is 1.47. The predicted octanol–water partition coefficient (Wildman–Crippen LogP) is 1.31. The molecule has 0 radical (unpaired) electrons. The largest absolute Gasteiger partial charge is 0.454 e. The monoisotopic (exact) mass is 437 g/mol. The molecule has 2 aromatic rings. The van der Waals surface area contributed by atoms with Gasteiger partial charge in [0, 0.05) is 12.1 Å². The van der Waals surface area contributed by atoms with E-state index in [1.165, 1.54) is 24.3 Å². The third-order valence-corrected chi connectivity index (χ3v) is 9.11. The van der Waals surface area contributed by atoms with Gasteiger partial charge in [0.15, 0.2) is 31.2 Å². The van der Waals surface area contributed by atoms with Gasteiger partial charge in [0.25, 0.3) is 5.91 Å². The van der Waals surface area contributed by atoms with Crippen LogP contribution >= 0.6 is 0 Å². The smallest absolute Gasteiger partial charge is 0.251 e. The molecule has 0 aromatic heterocycles. The second-order valence-corrected chi connectivity index (χ2v) is 11.4. The fourth-order valence-electron chi connectivity index (χ4n) is 3.35. The molecule has 29 heavy (non-hydrogen) atoms. The number of carbonyl (C=O) groups is 1. The van der Waals surface area contributed by atoms with Crippen LogP contribution in [0.1, 0.15) is 22.3 Å². The van der Waals surface area contributed by atoms with E-state index in [0.29, 0.717) is 11.5 Å². The van der Waals surface area contributed by atoms with Crippen LogP contribution in [0, 0.1) is 0 Å². The maximum absolute atomic E-state index is 12.8. The summed E-state index contributed by atoms with van der Waals surface area (Å²) in [6, 6.07) is 11.0. The summed E-state index contributed by atoms with van der Waals surface area (Å²) in [6.45, 7) is 0.391. The van der Waals surface area contributed by atoms with Gasteiger partial charge in [-0.2, -0.15) is 0 Å². The molecule has 2 heterocycles. The molecule has 1 unspecified atom stereocenters. The number of rotatable bonds is 5. The number of amides is 1. The lowest BCUT2D eigenvalue weighted by molar-refractivity contribution is 0.0950. The van der Waals surface area contributed by atoms with Crippen LogP contribution in [0.15, 0.2) is 47.4 Å². The summed E-state index contributed by atoms with van der Waals surface area (Å²) in [5.74, 6) is 0.310. The third kappa shape index (κ3) is 4.08. The highest BCUT2D eigenvalue weighted by Crippen LogP contribution is 2.32. The van der Waals surface area contributed by atoms with Crippen LogP contribution in [-0.2, 0) is 26.2 Å². The molecule has 1 atom stereocenters. The van der Waals surface area contributed by atoms with E-state index in [4.69, 9.17) is 9.47 Å². The molecule has 2 aliphatic heterocycles. The molecule has 154 valence electrons. The van der Waals surface area contributed by atoms with Crippen molar-refractivity contribution in [1.82, 2.24) is 5.32 Å². The molecule has 2 aliphatic rings. The average molecular weight is 437 g/mol. The highest BCUT2D eigenvalue weighted by atomic mass is 32.2. The van der Waals surface area contributed by atoms with E-state index < -0.39 is 30.8 Å². The van der Waals surface area contributed by atoms with Crippen molar-refractivity contribution in [3.8, 4) is 11.5 Å². The molecule has 1 fully saturated rings. The molecule has 0 saturated carbocycles. The molecule has 1 N–H and O–H groups in total. The fraction of sp³-hybridized carbons (Fsp3) is 0.316. The first-order valence-electron chi connectivity index (χ1n) is 8.96. The van der Waals surface area contributed by atoms with Gasteiger partial charge < -0.3 is 14.8 Å². The summed E-state index contributed by atoms with van der Waals surface area (Å²) in [7, 11) is -7.16. The Labute approximate surface area is 168 Å². The SMILES string of the molecule is O=C(NCc1ccc2c(c1)OCO2)c1cccc(S(=O)(=O)C2CCS(=O)(=O)C2)c1. The summed E-state index contributed by atoms with van der Waals surface area (Å²) in [6.07, 6.45) is 0.0746. The van der Waals surface area contributed by atoms with Crippen molar-refractivity contribution in [3.05, 3.63) is 53.6 Å². The number of ether oxygens (including phenoxy) is 2. The molecule has 1 saturated heterocycles. The molecule has 4 rings (SSSR count). The normalized spacial score (nSPS) is 19.8. The molecule has 0 spiro atoms. The van der Waals surface area contributed by atoms with Crippen LogP contribution in [0.3, 0.4) is 0 Å². The van der Waals surface area contributed by atoms with Gasteiger partial charge in [0.1, 0.15) is 0 Å². The predicted molar refractivity (Wildman–Crippen MR) is 104 cm³/mol. The fourth-order valence-corrected chi connectivity index (χ4v) is 7.75. The number of nitrogens with one attached hydrogen (secondary N) is 1. The van der Waals surface area contributed by atoms with Gasteiger partial charge in [-0.1, -0.05) is 12.1 Å². The topological polar surface area (TPSA) is 116 Å². The van der Waals surface area contributed by atoms with E-state index in [1.807, 2.05) is 0 Å². The Morgan fingerprint density at radius 3 is 2.66 bits per heavy atom. The van der Waals surface area contributed by atoms with Crippen molar-refractivity contribution < 1.29 is 31.1 Å². The van der Waals surface area contributed by atoms with Gasteiger partial charge in [-0.05, 0) is 42.3 Å². The minimum absolute atomic E-state index is 0.0460. The van der Waals surface area contributed by atoms with E-state index >= 15 is 0 Å². The molecule has 8 nitrogen and oxygen atoms in total. The summed E-state index contributed by atoms with van der Waals surface area (Å²) in [5, 5.41) is 1.77. The van der Waals surface area contributed by atoms with Gasteiger partial charge in [-0.3, -0.25) is 4.79 Å². The molecule has 2 aromatic carbocycles. The van der Waals surface area contributed by atoms with Crippen LogP contribution < -0.4 is 14.8 Å². The van der Waals surface area contributed by atoms with Crippen molar-refractivity contribution >= 4 is 25.6 Å². The Morgan fingerprint density at radius 2 is 1.90 bits per heavy atom. The zero-order chi connectivity index (χ0) is 20.6. The van der Waals surface area contributed by atoms with Gasteiger partial charge in [0.05, 0.1) is 21.7 Å². The second-order valence-electron chi connectivity index (χ2n) is 6.97. The van der Waals surface area contributed by atoms with E-state index in [1.54, 1.807) is 18.2 Å². The summed E-state index contributed by atoms with van der Waals surface area (Å²) >= 11 is 0. The summed E-state index contributed by atoms with van der Waals surface area (Å²) in [5.41, 5.74) is 0.996. The van der Waals surface area contributed by atoms with Crippen LogP contribution in [0.5, 0.6) is 11.5 Å². The Morgan fingerprint density at radius 1 is 1.10 bits per heavy atom. The van der Waals surface area contributed by atoms with Crippen molar-refractivity contribution in [2.45, 2.75) is 23.1 Å². The zero-order valence-corrected chi connectivity index (χ0v) is 17.0. The van der Waals surface area contributed by atoms with E-state index in [0.717, 1.165) is 5.56 Å². The van der Waals surface area contributed by atoms with Crippen LogP contribution in [0.25, 0.3) is 0 Å². The number of sulfone groups is 2. The first-order chi connectivity index (χ1) is 13.7. The lowest BCUT2D eigenvalue weighted by atomic mass is 10.2. The molecular formula is C19H19NO7S2. The lowest BCUT2D eigenvalue weighted by Crippen LogP contribution is -2.25.